The Labute approximate surface area is 126 Å². The minimum Gasteiger partial charge on any atom is -0.355 e. The largest absolute Gasteiger partial charge is 0.355 e. The molecule has 4 nitrogen and oxygen atoms in total. The summed E-state index contributed by atoms with van der Waals surface area (Å²) in [6, 6.07) is 8.28. The summed E-state index contributed by atoms with van der Waals surface area (Å²) in [4.78, 5) is 7.17. The van der Waals surface area contributed by atoms with Gasteiger partial charge in [-0.05, 0) is 32.8 Å². The molecule has 1 fully saturated rings. The highest BCUT2D eigenvalue weighted by Gasteiger charge is 2.16. The molecule has 1 saturated heterocycles. The van der Waals surface area contributed by atoms with Gasteiger partial charge >= 0.3 is 0 Å². The Morgan fingerprint density at radius 1 is 0.952 bits per heavy atom. The molecule has 2 heterocycles. The molecule has 0 saturated carbocycles. The van der Waals surface area contributed by atoms with Crippen molar-refractivity contribution >= 4 is 5.82 Å². The molecule has 0 atom stereocenters. The van der Waals surface area contributed by atoms with Gasteiger partial charge in [0.05, 0.1) is 0 Å². The Morgan fingerprint density at radius 3 is 2.43 bits per heavy atom. The van der Waals surface area contributed by atoms with Gasteiger partial charge in [-0.3, -0.25) is 0 Å². The summed E-state index contributed by atoms with van der Waals surface area (Å²) in [5.41, 5.74) is 3.18. The van der Waals surface area contributed by atoms with E-state index in [2.05, 4.69) is 34.2 Å². The van der Waals surface area contributed by atoms with E-state index in [1.165, 1.54) is 31.2 Å². The predicted molar refractivity (Wildman–Crippen MR) is 85.4 cm³/mol. The van der Waals surface area contributed by atoms with Crippen LogP contribution in [0.1, 0.15) is 36.9 Å². The number of nitrogens with zero attached hydrogens (tertiary/aromatic N) is 4. The summed E-state index contributed by atoms with van der Waals surface area (Å²) >= 11 is 0. The molecule has 0 N–H and O–H groups in total. The van der Waals surface area contributed by atoms with Gasteiger partial charge in [0.2, 0.25) is 0 Å². The van der Waals surface area contributed by atoms with Crippen molar-refractivity contribution < 1.29 is 0 Å². The van der Waals surface area contributed by atoms with E-state index in [1.54, 1.807) is 0 Å². The number of hydrogen-bond donors (Lipinski definition) is 0. The van der Waals surface area contributed by atoms with Crippen LogP contribution in [-0.4, -0.2) is 28.3 Å². The second-order valence-electron chi connectivity index (χ2n) is 5.82. The van der Waals surface area contributed by atoms with Crippen LogP contribution in [0.25, 0.3) is 11.4 Å². The second-order valence-corrected chi connectivity index (χ2v) is 5.82. The molecule has 0 spiro atoms. The lowest BCUT2D eigenvalue weighted by molar-refractivity contribution is 0.726. The van der Waals surface area contributed by atoms with Gasteiger partial charge in [0.25, 0.3) is 0 Å². The SMILES string of the molecule is Cc1cccc(-c2nnc(C)c(N3CCCCCC3)n2)c1. The lowest BCUT2D eigenvalue weighted by Gasteiger charge is -2.22. The van der Waals surface area contributed by atoms with E-state index in [9.17, 15) is 0 Å². The minimum atomic E-state index is 0.726. The van der Waals surface area contributed by atoms with Gasteiger partial charge in [0, 0.05) is 18.7 Å². The van der Waals surface area contributed by atoms with Gasteiger partial charge < -0.3 is 4.90 Å². The highest BCUT2D eigenvalue weighted by Crippen LogP contribution is 2.23. The quantitative estimate of drug-likeness (QED) is 0.845. The third-order valence-electron chi connectivity index (χ3n) is 4.01. The average Bonchev–Trinajstić information content (AvgIpc) is 2.77. The fraction of sp³-hybridized carbons (Fsp3) is 0.471. The Balaban J connectivity index is 1.95. The van der Waals surface area contributed by atoms with E-state index in [4.69, 9.17) is 4.98 Å². The van der Waals surface area contributed by atoms with E-state index in [1.807, 2.05) is 19.1 Å². The Morgan fingerprint density at radius 2 is 1.71 bits per heavy atom. The first-order valence-electron chi connectivity index (χ1n) is 7.77. The van der Waals surface area contributed by atoms with Crippen molar-refractivity contribution in [2.24, 2.45) is 0 Å². The van der Waals surface area contributed by atoms with Crippen molar-refractivity contribution in [1.82, 2.24) is 15.2 Å². The monoisotopic (exact) mass is 282 g/mol. The highest BCUT2D eigenvalue weighted by molar-refractivity contribution is 5.58. The molecule has 110 valence electrons. The van der Waals surface area contributed by atoms with Crippen molar-refractivity contribution in [3.63, 3.8) is 0 Å². The molecule has 0 bridgehead atoms. The summed E-state index contributed by atoms with van der Waals surface area (Å²) in [7, 11) is 0. The van der Waals surface area contributed by atoms with Gasteiger partial charge in [-0.15, -0.1) is 10.2 Å². The van der Waals surface area contributed by atoms with E-state index in [-0.39, 0.29) is 0 Å². The van der Waals surface area contributed by atoms with Crippen LogP contribution in [0.5, 0.6) is 0 Å². The number of anilines is 1. The van der Waals surface area contributed by atoms with Crippen molar-refractivity contribution in [3.05, 3.63) is 35.5 Å². The molecular weight excluding hydrogens is 260 g/mol. The molecule has 1 aliphatic rings. The van der Waals surface area contributed by atoms with E-state index in [0.29, 0.717) is 0 Å². The molecule has 2 aromatic rings. The number of benzene rings is 1. The molecule has 0 radical (unpaired) electrons. The molecule has 3 rings (SSSR count). The van der Waals surface area contributed by atoms with Crippen LogP contribution >= 0.6 is 0 Å². The van der Waals surface area contributed by atoms with Crippen molar-refractivity contribution in [1.29, 1.82) is 0 Å². The van der Waals surface area contributed by atoms with E-state index >= 15 is 0 Å². The lowest BCUT2D eigenvalue weighted by atomic mass is 10.1. The maximum absolute atomic E-state index is 4.80. The maximum atomic E-state index is 4.80. The Kier molecular flexibility index (Phi) is 4.13. The van der Waals surface area contributed by atoms with Gasteiger partial charge in [-0.25, -0.2) is 4.98 Å². The summed E-state index contributed by atoms with van der Waals surface area (Å²) in [6.45, 7) is 6.24. The summed E-state index contributed by atoms with van der Waals surface area (Å²) in [5.74, 6) is 1.73. The molecule has 21 heavy (non-hydrogen) atoms. The molecule has 0 aliphatic carbocycles. The fourth-order valence-corrected chi connectivity index (χ4v) is 2.86. The minimum absolute atomic E-state index is 0.726. The highest BCUT2D eigenvalue weighted by atomic mass is 15.3. The average molecular weight is 282 g/mol. The van der Waals surface area contributed by atoms with Crippen LogP contribution in [0, 0.1) is 13.8 Å². The number of aryl methyl sites for hydroxylation is 2. The summed E-state index contributed by atoms with van der Waals surface area (Å²) in [5, 5.41) is 8.62. The van der Waals surface area contributed by atoms with Crippen LogP contribution < -0.4 is 4.90 Å². The molecule has 1 aliphatic heterocycles. The van der Waals surface area contributed by atoms with Gasteiger partial charge in [0.1, 0.15) is 5.69 Å². The standard InChI is InChI=1S/C17H22N4/c1-13-8-7-9-15(12-13)16-18-17(14(2)19-20-16)21-10-5-3-4-6-11-21/h7-9,12H,3-6,10-11H2,1-2H3. The first-order valence-corrected chi connectivity index (χ1v) is 7.77. The summed E-state index contributed by atoms with van der Waals surface area (Å²) in [6.07, 6.45) is 5.12. The third-order valence-corrected chi connectivity index (χ3v) is 4.01. The molecule has 1 aromatic heterocycles. The van der Waals surface area contributed by atoms with Crippen LogP contribution in [0.3, 0.4) is 0 Å². The molecule has 1 aromatic carbocycles. The van der Waals surface area contributed by atoms with Crippen LogP contribution in [0.15, 0.2) is 24.3 Å². The first kappa shape index (κ1) is 14.0. The normalized spacial score (nSPS) is 15.8. The van der Waals surface area contributed by atoms with Crippen molar-refractivity contribution in [3.8, 4) is 11.4 Å². The van der Waals surface area contributed by atoms with E-state index < -0.39 is 0 Å². The topological polar surface area (TPSA) is 41.9 Å². The van der Waals surface area contributed by atoms with Crippen LogP contribution in [0.2, 0.25) is 0 Å². The number of aromatic nitrogens is 3. The van der Waals surface area contributed by atoms with Crippen LogP contribution in [-0.2, 0) is 0 Å². The number of hydrogen-bond acceptors (Lipinski definition) is 4. The van der Waals surface area contributed by atoms with Crippen molar-refractivity contribution in [2.45, 2.75) is 39.5 Å². The maximum Gasteiger partial charge on any atom is 0.183 e. The summed E-state index contributed by atoms with van der Waals surface area (Å²) < 4.78 is 0. The molecule has 0 amide bonds. The molecule has 0 unspecified atom stereocenters. The fourth-order valence-electron chi connectivity index (χ4n) is 2.86. The smallest absolute Gasteiger partial charge is 0.183 e. The zero-order chi connectivity index (χ0) is 14.7. The van der Waals surface area contributed by atoms with Gasteiger partial charge in [-0.1, -0.05) is 36.6 Å². The van der Waals surface area contributed by atoms with Crippen molar-refractivity contribution in [2.75, 3.05) is 18.0 Å². The second kappa shape index (κ2) is 6.20. The molecule has 4 heteroatoms. The zero-order valence-corrected chi connectivity index (χ0v) is 12.8. The lowest BCUT2D eigenvalue weighted by Crippen LogP contribution is -2.26. The van der Waals surface area contributed by atoms with Crippen LogP contribution in [0.4, 0.5) is 5.82 Å². The number of rotatable bonds is 2. The predicted octanol–water partition coefficient (Wildman–Crippen LogP) is 3.54. The first-order chi connectivity index (χ1) is 10.2. The van der Waals surface area contributed by atoms with E-state index in [0.717, 1.165) is 36.0 Å². The third kappa shape index (κ3) is 3.20. The Hall–Kier alpha value is -1.97. The van der Waals surface area contributed by atoms with Gasteiger partial charge in [0.15, 0.2) is 11.6 Å². The Bertz CT molecular complexity index is 616. The van der Waals surface area contributed by atoms with Gasteiger partial charge in [-0.2, -0.15) is 0 Å². The zero-order valence-electron chi connectivity index (χ0n) is 12.8. The molecular formula is C17H22N4.